The first-order valence-corrected chi connectivity index (χ1v) is 8.11. The first kappa shape index (κ1) is 16.5. The Balaban J connectivity index is 2.11. The topological polar surface area (TPSA) is 49.4 Å². The van der Waals surface area contributed by atoms with Crippen molar-refractivity contribution in [1.29, 1.82) is 0 Å². The van der Waals surface area contributed by atoms with Gasteiger partial charge in [0.05, 0.1) is 0 Å². The molecular weight excluding hydrogens is 276 g/mol. The summed E-state index contributed by atoms with van der Waals surface area (Å²) in [5.41, 5.74) is 2.82. The highest BCUT2D eigenvalue weighted by Gasteiger charge is 2.29. The largest absolute Gasteiger partial charge is 0.334 e. The van der Waals surface area contributed by atoms with Crippen LogP contribution in [0.1, 0.15) is 38.3 Å². The van der Waals surface area contributed by atoms with Crippen molar-refractivity contribution in [3.05, 3.63) is 29.3 Å². The second kappa shape index (κ2) is 6.95. The summed E-state index contributed by atoms with van der Waals surface area (Å²) in [7, 11) is 0. The lowest BCUT2D eigenvalue weighted by Gasteiger charge is -2.34. The van der Waals surface area contributed by atoms with Gasteiger partial charge in [-0.2, -0.15) is 0 Å². The lowest BCUT2D eigenvalue weighted by Crippen LogP contribution is -2.47. The fraction of sp³-hybridized carbons (Fsp3) is 0.556. The second-order valence-electron chi connectivity index (χ2n) is 6.57. The Morgan fingerprint density at radius 2 is 1.86 bits per heavy atom. The summed E-state index contributed by atoms with van der Waals surface area (Å²) < 4.78 is 0. The number of likely N-dealkylation sites (tertiary alicyclic amines) is 1. The van der Waals surface area contributed by atoms with Gasteiger partial charge in [0, 0.05) is 18.8 Å². The highest BCUT2D eigenvalue weighted by molar-refractivity contribution is 6.39. The van der Waals surface area contributed by atoms with Crippen LogP contribution in [0, 0.1) is 18.8 Å². The zero-order valence-corrected chi connectivity index (χ0v) is 14.0. The number of piperidine rings is 1. The van der Waals surface area contributed by atoms with Crippen molar-refractivity contribution in [2.45, 2.75) is 40.5 Å². The van der Waals surface area contributed by atoms with Crippen LogP contribution in [0.3, 0.4) is 0 Å². The predicted molar refractivity (Wildman–Crippen MR) is 88.7 cm³/mol. The van der Waals surface area contributed by atoms with Crippen LogP contribution in [-0.2, 0) is 16.0 Å². The Hall–Kier alpha value is -1.84. The Kier molecular flexibility index (Phi) is 5.22. The summed E-state index contributed by atoms with van der Waals surface area (Å²) in [4.78, 5) is 26.5. The van der Waals surface area contributed by atoms with E-state index in [4.69, 9.17) is 0 Å². The van der Waals surface area contributed by atoms with Crippen LogP contribution < -0.4 is 5.32 Å². The molecule has 0 radical (unpaired) electrons. The van der Waals surface area contributed by atoms with Crippen LogP contribution >= 0.6 is 0 Å². The molecule has 4 nitrogen and oxygen atoms in total. The van der Waals surface area contributed by atoms with E-state index in [9.17, 15) is 9.59 Å². The molecule has 1 aromatic rings. The third-order valence-electron chi connectivity index (χ3n) is 4.33. The molecule has 1 aliphatic rings. The van der Waals surface area contributed by atoms with Crippen LogP contribution in [0.15, 0.2) is 18.2 Å². The molecule has 2 atom stereocenters. The molecule has 1 aromatic carbocycles. The summed E-state index contributed by atoms with van der Waals surface area (Å²) in [5.74, 6) is -0.0377. The summed E-state index contributed by atoms with van der Waals surface area (Å²) in [6.45, 7) is 9.59. The van der Waals surface area contributed by atoms with E-state index >= 15 is 0 Å². The van der Waals surface area contributed by atoms with E-state index in [1.54, 1.807) is 4.90 Å². The molecule has 1 aliphatic heterocycles. The van der Waals surface area contributed by atoms with Crippen LogP contribution in [0.4, 0.5) is 5.69 Å². The van der Waals surface area contributed by atoms with Crippen molar-refractivity contribution in [1.82, 2.24) is 4.90 Å². The first-order valence-electron chi connectivity index (χ1n) is 8.11. The molecule has 2 unspecified atom stereocenters. The minimum atomic E-state index is -0.523. The summed E-state index contributed by atoms with van der Waals surface area (Å²) in [5, 5.41) is 2.83. The van der Waals surface area contributed by atoms with Crippen LogP contribution in [0.2, 0.25) is 0 Å². The molecule has 0 spiro atoms. The van der Waals surface area contributed by atoms with Gasteiger partial charge in [0.2, 0.25) is 0 Å². The summed E-state index contributed by atoms with van der Waals surface area (Å²) >= 11 is 0. The average molecular weight is 302 g/mol. The fourth-order valence-electron chi connectivity index (χ4n) is 3.34. The van der Waals surface area contributed by atoms with Crippen molar-refractivity contribution in [3.63, 3.8) is 0 Å². The Morgan fingerprint density at radius 3 is 2.45 bits per heavy atom. The standard InChI is InChI=1S/C18H26N2O2/c1-5-15-8-6-7-14(4)16(15)19-17(21)18(22)20-10-12(2)9-13(3)11-20/h6-8,12-13H,5,9-11H2,1-4H3,(H,19,21). The molecule has 0 saturated carbocycles. The molecule has 1 heterocycles. The number of anilines is 1. The molecule has 2 amide bonds. The zero-order valence-electron chi connectivity index (χ0n) is 14.0. The highest BCUT2D eigenvalue weighted by atomic mass is 16.2. The quantitative estimate of drug-likeness (QED) is 0.854. The number of hydrogen-bond donors (Lipinski definition) is 1. The number of amides is 2. The number of hydrogen-bond acceptors (Lipinski definition) is 2. The maximum Gasteiger partial charge on any atom is 0.313 e. The van der Waals surface area contributed by atoms with Crippen molar-refractivity contribution in [2.75, 3.05) is 18.4 Å². The maximum atomic E-state index is 12.4. The molecule has 4 heteroatoms. The minimum absolute atomic E-state index is 0.413. The zero-order chi connectivity index (χ0) is 16.3. The number of aryl methyl sites for hydroxylation is 2. The SMILES string of the molecule is CCc1cccc(C)c1NC(=O)C(=O)N1CC(C)CC(C)C1. The van der Waals surface area contributed by atoms with E-state index in [0.717, 1.165) is 29.7 Å². The third-order valence-corrected chi connectivity index (χ3v) is 4.33. The van der Waals surface area contributed by atoms with Gasteiger partial charge in [0.1, 0.15) is 0 Å². The summed E-state index contributed by atoms with van der Waals surface area (Å²) in [6, 6.07) is 5.90. The van der Waals surface area contributed by atoms with E-state index in [1.807, 2.05) is 32.0 Å². The second-order valence-corrected chi connectivity index (χ2v) is 6.57. The van der Waals surface area contributed by atoms with Crippen molar-refractivity contribution < 1.29 is 9.59 Å². The molecule has 2 rings (SSSR count). The number of para-hydroxylation sites is 1. The fourth-order valence-corrected chi connectivity index (χ4v) is 3.34. The molecule has 1 saturated heterocycles. The molecule has 120 valence electrons. The Morgan fingerprint density at radius 1 is 1.23 bits per heavy atom. The van der Waals surface area contributed by atoms with E-state index in [-0.39, 0.29) is 0 Å². The van der Waals surface area contributed by atoms with Gasteiger partial charge in [0.15, 0.2) is 0 Å². The Bertz CT molecular complexity index is 558. The number of nitrogens with zero attached hydrogens (tertiary/aromatic N) is 1. The van der Waals surface area contributed by atoms with Crippen molar-refractivity contribution >= 4 is 17.5 Å². The maximum absolute atomic E-state index is 12.4. The average Bonchev–Trinajstić information content (AvgIpc) is 2.47. The van der Waals surface area contributed by atoms with Gasteiger partial charge in [-0.05, 0) is 42.7 Å². The predicted octanol–water partition coefficient (Wildman–Crippen LogP) is 3.00. The molecule has 22 heavy (non-hydrogen) atoms. The lowest BCUT2D eigenvalue weighted by molar-refractivity contribution is -0.144. The minimum Gasteiger partial charge on any atom is -0.334 e. The van der Waals surface area contributed by atoms with E-state index in [0.29, 0.717) is 24.9 Å². The van der Waals surface area contributed by atoms with Gasteiger partial charge in [-0.15, -0.1) is 0 Å². The van der Waals surface area contributed by atoms with Crippen molar-refractivity contribution in [2.24, 2.45) is 11.8 Å². The van der Waals surface area contributed by atoms with E-state index < -0.39 is 11.8 Å². The van der Waals surface area contributed by atoms with E-state index in [1.165, 1.54) is 0 Å². The number of carbonyl (C=O) groups excluding carboxylic acids is 2. The molecule has 0 bridgehead atoms. The van der Waals surface area contributed by atoms with Gasteiger partial charge >= 0.3 is 11.8 Å². The third kappa shape index (κ3) is 3.67. The van der Waals surface area contributed by atoms with Crippen LogP contribution in [0.25, 0.3) is 0 Å². The van der Waals surface area contributed by atoms with E-state index in [2.05, 4.69) is 19.2 Å². The van der Waals surface area contributed by atoms with Gasteiger partial charge in [-0.1, -0.05) is 39.0 Å². The number of carbonyl (C=O) groups is 2. The van der Waals surface area contributed by atoms with Gasteiger partial charge in [0.25, 0.3) is 0 Å². The summed E-state index contributed by atoms with van der Waals surface area (Å²) in [6.07, 6.45) is 1.94. The van der Waals surface area contributed by atoms with Crippen LogP contribution in [0.5, 0.6) is 0 Å². The lowest BCUT2D eigenvalue weighted by atomic mass is 9.92. The molecule has 0 aliphatic carbocycles. The molecule has 0 aromatic heterocycles. The van der Waals surface area contributed by atoms with Crippen LogP contribution in [-0.4, -0.2) is 29.8 Å². The molecular formula is C18H26N2O2. The first-order chi connectivity index (χ1) is 10.4. The van der Waals surface area contributed by atoms with Crippen molar-refractivity contribution in [3.8, 4) is 0 Å². The number of rotatable bonds is 2. The number of nitrogens with one attached hydrogen (secondary N) is 1. The monoisotopic (exact) mass is 302 g/mol. The van der Waals surface area contributed by atoms with Gasteiger partial charge in [-0.3, -0.25) is 9.59 Å². The smallest absolute Gasteiger partial charge is 0.313 e. The normalized spacial score (nSPS) is 21.5. The Labute approximate surface area is 132 Å². The van der Waals surface area contributed by atoms with Gasteiger partial charge in [-0.25, -0.2) is 0 Å². The number of benzene rings is 1. The highest BCUT2D eigenvalue weighted by Crippen LogP contribution is 2.23. The molecule has 1 N–H and O–H groups in total. The molecule has 1 fully saturated rings. The van der Waals surface area contributed by atoms with Gasteiger partial charge < -0.3 is 10.2 Å².